The minimum Gasteiger partial charge on any atom is -0.450 e. The smallest absolute Gasteiger partial charge is 0.409 e. The highest BCUT2D eigenvalue weighted by atomic mass is 16.6. The van der Waals surface area contributed by atoms with Crippen LogP contribution in [-0.2, 0) is 16.0 Å². The first-order chi connectivity index (χ1) is 10.5. The molecule has 1 aromatic carbocycles. The van der Waals surface area contributed by atoms with E-state index in [9.17, 15) is 9.59 Å². The lowest BCUT2D eigenvalue weighted by Crippen LogP contribution is -2.51. The third kappa shape index (κ3) is 4.00. The minimum absolute atomic E-state index is 0.121. The number of benzene rings is 1. The van der Waals surface area contributed by atoms with Crippen molar-refractivity contribution in [2.75, 3.05) is 32.8 Å². The van der Waals surface area contributed by atoms with E-state index in [0.29, 0.717) is 39.2 Å². The average molecular weight is 304 g/mol. The van der Waals surface area contributed by atoms with Crippen LogP contribution in [0.5, 0.6) is 0 Å². The van der Waals surface area contributed by atoms with Gasteiger partial charge in [0.25, 0.3) is 0 Å². The van der Waals surface area contributed by atoms with Crippen LogP contribution in [0.3, 0.4) is 0 Å². The summed E-state index contributed by atoms with van der Waals surface area (Å²) in [4.78, 5) is 27.5. The summed E-state index contributed by atoms with van der Waals surface area (Å²) in [5.74, 6) is 0.121. The number of hydrogen-bond donors (Lipinski definition) is 0. The second kappa shape index (κ2) is 7.29. The number of rotatable bonds is 3. The maximum atomic E-state index is 12.4. The number of carbonyl (C=O) groups is 2. The Bertz CT molecular complexity index is 549. The molecule has 0 aliphatic carbocycles. The van der Waals surface area contributed by atoms with E-state index >= 15 is 0 Å². The number of hydrogen-bond acceptors (Lipinski definition) is 3. The molecule has 22 heavy (non-hydrogen) atoms. The maximum absolute atomic E-state index is 12.4. The van der Waals surface area contributed by atoms with Gasteiger partial charge < -0.3 is 14.5 Å². The van der Waals surface area contributed by atoms with Gasteiger partial charge in [-0.15, -0.1) is 0 Å². The Balaban J connectivity index is 1.88. The van der Waals surface area contributed by atoms with Gasteiger partial charge in [-0.05, 0) is 31.9 Å². The van der Waals surface area contributed by atoms with Gasteiger partial charge in [0.15, 0.2) is 0 Å². The number of piperazine rings is 1. The molecule has 5 nitrogen and oxygen atoms in total. The summed E-state index contributed by atoms with van der Waals surface area (Å²) in [6, 6.07) is 6.16. The molecule has 5 heteroatoms. The number of amides is 2. The van der Waals surface area contributed by atoms with Crippen molar-refractivity contribution in [2.24, 2.45) is 0 Å². The molecule has 0 aromatic heterocycles. The van der Waals surface area contributed by atoms with Crippen molar-refractivity contribution in [2.45, 2.75) is 27.2 Å². The predicted molar refractivity (Wildman–Crippen MR) is 84.8 cm³/mol. The van der Waals surface area contributed by atoms with E-state index in [1.54, 1.807) is 11.8 Å². The van der Waals surface area contributed by atoms with Crippen molar-refractivity contribution < 1.29 is 14.3 Å². The summed E-state index contributed by atoms with van der Waals surface area (Å²) in [5.41, 5.74) is 3.43. The molecular formula is C17H24N2O3. The molecule has 0 spiro atoms. The number of nitrogens with zero attached hydrogens (tertiary/aromatic N) is 2. The topological polar surface area (TPSA) is 49.9 Å². The Labute approximate surface area is 131 Å². The second-order valence-electron chi connectivity index (χ2n) is 5.67. The lowest BCUT2D eigenvalue weighted by atomic mass is 10.0. The monoisotopic (exact) mass is 304 g/mol. The van der Waals surface area contributed by atoms with Gasteiger partial charge in [0.05, 0.1) is 13.0 Å². The van der Waals surface area contributed by atoms with Crippen LogP contribution >= 0.6 is 0 Å². The van der Waals surface area contributed by atoms with Gasteiger partial charge >= 0.3 is 6.09 Å². The van der Waals surface area contributed by atoms with E-state index in [2.05, 4.69) is 6.07 Å². The van der Waals surface area contributed by atoms with E-state index in [1.165, 1.54) is 5.56 Å². The second-order valence-corrected chi connectivity index (χ2v) is 5.67. The van der Waals surface area contributed by atoms with Crippen LogP contribution in [-0.4, -0.2) is 54.6 Å². The van der Waals surface area contributed by atoms with Gasteiger partial charge in [0.1, 0.15) is 0 Å². The van der Waals surface area contributed by atoms with E-state index in [1.807, 2.05) is 30.9 Å². The van der Waals surface area contributed by atoms with Crippen LogP contribution < -0.4 is 0 Å². The molecule has 0 radical (unpaired) electrons. The van der Waals surface area contributed by atoms with Gasteiger partial charge in [0.2, 0.25) is 5.91 Å². The molecule has 1 fully saturated rings. The summed E-state index contributed by atoms with van der Waals surface area (Å²) in [6.45, 7) is 8.48. The first kappa shape index (κ1) is 16.3. The normalized spacial score (nSPS) is 14.9. The molecule has 0 N–H and O–H groups in total. The molecule has 1 aliphatic rings. The molecule has 0 unspecified atom stereocenters. The summed E-state index contributed by atoms with van der Waals surface area (Å²) in [5, 5.41) is 0. The molecule has 1 saturated heterocycles. The van der Waals surface area contributed by atoms with Crippen LogP contribution in [0.4, 0.5) is 4.79 Å². The van der Waals surface area contributed by atoms with Gasteiger partial charge in [-0.3, -0.25) is 4.79 Å². The van der Waals surface area contributed by atoms with E-state index in [-0.39, 0.29) is 12.0 Å². The molecule has 1 heterocycles. The van der Waals surface area contributed by atoms with Crippen molar-refractivity contribution in [3.05, 3.63) is 34.9 Å². The van der Waals surface area contributed by atoms with E-state index in [4.69, 9.17) is 4.74 Å². The molecule has 0 atom stereocenters. The zero-order valence-electron chi connectivity index (χ0n) is 13.6. The molecule has 120 valence electrons. The molecule has 2 rings (SSSR count). The van der Waals surface area contributed by atoms with Crippen molar-refractivity contribution >= 4 is 12.0 Å². The van der Waals surface area contributed by atoms with Crippen molar-refractivity contribution in [1.82, 2.24) is 9.80 Å². The minimum atomic E-state index is -0.288. The Kier molecular flexibility index (Phi) is 5.41. The van der Waals surface area contributed by atoms with Gasteiger partial charge in [0, 0.05) is 26.2 Å². The number of aryl methyl sites for hydroxylation is 2. The molecule has 1 aromatic rings. The van der Waals surface area contributed by atoms with Crippen molar-refractivity contribution in [3.63, 3.8) is 0 Å². The van der Waals surface area contributed by atoms with Crippen LogP contribution in [0, 0.1) is 13.8 Å². The quantitative estimate of drug-likeness (QED) is 0.859. The largest absolute Gasteiger partial charge is 0.450 e. The lowest BCUT2D eigenvalue weighted by Gasteiger charge is -2.34. The Morgan fingerprint density at radius 2 is 1.73 bits per heavy atom. The highest BCUT2D eigenvalue weighted by Gasteiger charge is 2.24. The van der Waals surface area contributed by atoms with Gasteiger partial charge in [-0.25, -0.2) is 4.79 Å². The van der Waals surface area contributed by atoms with Gasteiger partial charge in [-0.2, -0.15) is 0 Å². The Morgan fingerprint density at radius 3 is 2.32 bits per heavy atom. The Morgan fingerprint density at radius 1 is 1.09 bits per heavy atom. The highest BCUT2D eigenvalue weighted by Crippen LogP contribution is 2.13. The number of carbonyl (C=O) groups excluding carboxylic acids is 2. The third-order valence-corrected chi connectivity index (χ3v) is 4.00. The van der Waals surface area contributed by atoms with Gasteiger partial charge in [-0.1, -0.05) is 23.8 Å². The first-order valence-corrected chi connectivity index (χ1v) is 7.77. The van der Waals surface area contributed by atoms with Crippen LogP contribution in [0.15, 0.2) is 18.2 Å². The number of ether oxygens (including phenoxy) is 1. The molecular weight excluding hydrogens is 280 g/mol. The van der Waals surface area contributed by atoms with Crippen LogP contribution in [0.1, 0.15) is 23.6 Å². The van der Waals surface area contributed by atoms with E-state index < -0.39 is 0 Å². The fourth-order valence-electron chi connectivity index (χ4n) is 2.67. The predicted octanol–water partition coefficient (Wildman–Crippen LogP) is 2.15. The van der Waals surface area contributed by atoms with Crippen molar-refractivity contribution in [3.8, 4) is 0 Å². The highest BCUT2D eigenvalue weighted by molar-refractivity contribution is 5.79. The standard InChI is InChI=1S/C17H24N2O3/c1-4-22-17(21)19-9-7-18(8-10-19)16(20)12-15-6-5-13(2)11-14(15)3/h5-6,11H,4,7-10,12H2,1-3H3. The maximum Gasteiger partial charge on any atom is 0.409 e. The summed E-state index contributed by atoms with van der Waals surface area (Å²) >= 11 is 0. The van der Waals surface area contributed by atoms with Crippen molar-refractivity contribution in [1.29, 1.82) is 0 Å². The average Bonchev–Trinajstić information content (AvgIpc) is 2.50. The Hall–Kier alpha value is -2.04. The van der Waals surface area contributed by atoms with E-state index in [0.717, 1.165) is 11.1 Å². The summed E-state index contributed by atoms with van der Waals surface area (Å²) in [7, 11) is 0. The molecule has 0 bridgehead atoms. The summed E-state index contributed by atoms with van der Waals surface area (Å²) in [6.07, 6.45) is 0.134. The zero-order chi connectivity index (χ0) is 16.1. The molecule has 1 aliphatic heterocycles. The van der Waals surface area contributed by atoms with Crippen LogP contribution in [0.25, 0.3) is 0 Å². The SMILES string of the molecule is CCOC(=O)N1CCN(C(=O)Cc2ccc(C)cc2C)CC1. The first-order valence-electron chi connectivity index (χ1n) is 7.77. The summed E-state index contributed by atoms with van der Waals surface area (Å²) < 4.78 is 4.98. The third-order valence-electron chi connectivity index (χ3n) is 4.00. The molecule has 0 saturated carbocycles. The molecule has 2 amide bonds. The zero-order valence-corrected chi connectivity index (χ0v) is 13.6. The van der Waals surface area contributed by atoms with Crippen LogP contribution in [0.2, 0.25) is 0 Å². The fourth-order valence-corrected chi connectivity index (χ4v) is 2.67. The fraction of sp³-hybridized carbons (Fsp3) is 0.529. The lowest BCUT2D eigenvalue weighted by molar-refractivity contribution is -0.132.